The minimum absolute atomic E-state index is 0.00828. The normalized spacial score (nSPS) is 10.2. The Kier molecular flexibility index (Phi) is 7.50. The average Bonchev–Trinajstić information content (AvgIpc) is 2.61. The quantitative estimate of drug-likeness (QED) is 0.643. The summed E-state index contributed by atoms with van der Waals surface area (Å²) in [6.07, 6.45) is 2.73. The number of hydrogen-bond donors (Lipinski definition) is 2. The fourth-order valence-electron chi connectivity index (χ4n) is 2.37. The lowest BCUT2D eigenvalue weighted by atomic mass is 10.1. The summed E-state index contributed by atoms with van der Waals surface area (Å²) in [7, 11) is 0. The number of carbonyl (C=O) groups excluding carboxylic acids is 1. The van der Waals surface area contributed by atoms with Gasteiger partial charge in [0.25, 0.3) is 0 Å². The molecule has 0 bridgehead atoms. The number of aliphatic carboxylic acids is 1. The number of carbonyl (C=O) groups is 2. The summed E-state index contributed by atoms with van der Waals surface area (Å²) in [4.78, 5) is 22.4. The molecule has 5 nitrogen and oxygen atoms in total. The Morgan fingerprint density at radius 3 is 2.32 bits per heavy atom. The molecule has 2 aromatic carbocycles. The second-order valence-electron chi connectivity index (χ2n) is 5.76. The Labute approximate surface area is 147 Å². The van der Waals surface area contributed by atoms with Gasteiger partial charge >= 0.3 is 5.97 Å². The second kappa shape index (κ2) is 10.1. The van der Waals surface area contributed by atoms with Crippen molar-refractivity contribution in [1.29, 1.82) is 0 Å². The standard InChI is InChI=1S/C20H23NO4/c22-19(9-4-8-16-6-2-1-3-7-16)21-17-11-13-18(14-12-17)25-15-5-10-20(23)24/h1-3,6-7,11-14H,4-5,8-10,15H2,(H,21,22)(H,23,24). The van der Waals surface area contributed by atoms with Crippen LogP contribution in [0, 0.1) is 0 Å². The first kappa shape index (κ1) is 18.5. The molecule has 25 heavy (non-hydrogen) atoms. The number of nitrogens with one attached hydrogen (secondary N) is 1. The van der Waals surface area contributed by atoms with Gasteiger partial charge in [0.2, 0.25) is 5.91 Å². The van der Waals surface area contributed by atoms with Gasteiger partial charge in [-0.25, -0.2) is 0 Å². The summed E-state index contributed by atoms with van der Waals surface area (Å²) in [6.45, 7) is 0.359. The molecule has 2 N–H and O–H groups in total. The molecule has 0 spiro atoms. The van der Waals surface area contributed by atoms with Crippen molar-refractivity contribution in [2.24, 2.45) is 0 Å². The highest BCUT2D eigenvalue weighted by Crippen LogP contribution is 2.16. The summed E-state index contributed by atoms with van der Waals surface area (Å²) in [6, 6.07) is 17.2. The molecule has 5 heteroatoms. The molecule has 0 atom stereocenters. The number of hydrogen-bond acceptors (Lipinski definition) is 3. The summed E-state index contributed by atoms with van der Waals surface area (Å²) >= 11 is 0. The van der Waals surface area contributed by atoms with Gasteiger partial charge in [-0.05, 0) is 49.1 Å². The van der Waals surface area contributed by atoms with Gasteiger partial charge in [0, 0.05) is 18.5 Å². The first-order chi connectivity index (χ1) is 12.1. The van der Waals surface area contributed by atoms with Crippen LogP contribution in [0.25, 0.3) is 0 Å². The number of ether oxygens (including phenoxy) is 1. The van der Waals surface area contributed by atoms with Crippen molar-refractivity contribution in [3.8, 4) is 5.75 Å². The summed E-state index contributed by atoms with van der Waals surface area (Å²) in [5.74, 6) is -0.174. The third-order valence-electron chi connectivity index (χ3n) is 3.65. The van der Waals surface area contributed by atoms with Gasteiger partial charge in [0.15, 0.2) is 0 Å². The lowest BCUT2D eigenvalue weighted by molar-refractivity contribution is -0.137. The van der Waals surface area contributed by atoms with Crippen LogP contribution < -0.4 is 10.1 Å². The Morgan fingerprint density at radius 1 is 0.920 bits per heavy atom. The number of amides is 1. The Balaban J connectivity index is 1.67. The van der Waals surface area contributed by atoms with Gasteiger partial charge in [0.05, 0.1) is 6.61 Å². The molecule has 0 saturated carbocycles. The molecule has 0 aliphatic heterocycles. The number of anilines is 1. The third-order valence-corrected chi connectivity index (χ3v) is 3.65. The number of benzene rings is 2. The highest BCUT2D eigenvalue weighted by atomic mass is 16.5. The van der Waals surface area contributed by atoms with E-state index >= 15 is 0 Å². The van der Waals surface area contributed by atoms with E-state index in [0.717, 1.165) is 18.5 Å². The Bertz CT molecular complexity index is 668. The van der Waals surface area contributed by atoms with E-state index in [1.807, 2.05) is 18.2 Å². The van der Waals surface area contributed by atoms with Gasteiger partial charge in [-0.1, -0.05) is 30.3 Å². The zero-order valence-corrected chi connectivity index (χ0v) is 14.1. The van der Waals surface area contributed by atoms with Crippen LogP contribution in [0.1, 0.15) is 31.2 Å². The predicted molar refractivity (Wildman–Crippen MR) is 96.8 cm³/mol. The highest BCUT2D eigenvalue weighted by Gasteiger charge is 2.04. The van der Waals surface area contributed by atoms with E-state index < -0.39 is 5.97 Å². The second-order valence-corrected chi connectivity index (χ2v) is 5.76. The van der Waals surface area contributed by atoms with Crippen LogP contribution in [-0.4, -0.2) is 23.6 Å². The van der Waals surface area contributed by atoms with Crippen molar-refractivity contribution in [3.63, 3.8) is 0 Å². The van der Waals surface area contributed by atoms with Crippen molar-refractivity contribution in [1.82, 2.24) is 0 Å². The van der Waals surface area contributed by atoms with E-state index in [4.69, 9.17) is 9.84 Å². The molecule has 2 rings (SSSR count). The summed E-state index contributed by atoms with van der Waals surface area (Å²) in [5.41, 5.74) is 1.96. The van der Waals surface area contributed by atoms with Crippen molar-refractivity contribution in [2.45, 2.75) is 32.1 Å². The molecular formula is C20H23NO4. The highest BCUT2D eigenvalue weighted by molar-refractivity contribution is 5.90. The molecule has 0 aliphatic rings. The van der Waals surface area contributed by atoms with E-state index in [9.17, 15) is 9.59 Å². The van der Waals surface area contributed by atoms with Crippen molar-refractivity contribution >= 4 is 17.6 Å². The van der Waals surface area contributed by atoms with Crippen molar-refractivity contribution in [3.05, 3.63) is 60.2 Å². The molecule has 0 saturated heterocycles. The van der Waals surface area contributed by atoms with Crippen LogP contribution in [0.2, 0.25) is 0 Å². The number of aryl methyl sites for hydroxylation is 1. The van der Waals surface area contributed by atoms with Crippen LogP contribution in [0.15, 0.2) is 54.6 Å². The zero-order valence-electron chi connectivity index (χ0n) is 14.1. The van der Waals surface area contributed by atoms with Crippen LogP contribution in [0.3, 0.4) is 0 Å². The minimum Gasteiger partial charge on any atom is -0.494 e. The maximum absolute atomic E-state index is 12.0. The SMILES string of the molecule is O=C(O)CCCOc1ccc(NC(=O)CCCc2ccccc2)cc1. The molecule has 132 valence electrons. The van der Waals surface area contributed by atoms with E-state index in [-0.39, 0.29) is 12.3 Å². The number of carboxylic acid groups (broad SMARTS) is 1. The van der Waals surface area contributed by atoms with Crippen LogP contribution in [0.4, 0.5) is 5.69 Å². The van der Waals surface area contributed by atoms with Crippen LogP contribution in [0.5, 0.6) is 5.75 Å². The largest absolute Gasteiger partial charge is 0.494 e. The van der Waals surface area contributed by atoms with Crippen LogP contribution in [-0.2, 0) is 16.0 Å². The van der Waals surface area contributed by atoms with Gasteiger partial charge < -0.3 is 15.2 Å². The maximum atomic E-state index is 12.0. The topological polar surface area (TPSA) is 75.6 Å². The molecule has 0 fully saturated rings. The summed E-state index contributed by atoms with van der Waals surface area (Å²) < 4.78 is 5.45. The van der Waals surface area contributed by atoms with E-state index in [1.165, 1.54) is 5.56 Å². The lowest BCUT2D eigenvalue weighted by Crippen LogP contribution is -2.11. The first-order valence-electron chi connectivity index (χ1n) is 8.42. The molecule has 0 heterocycles. The summed E-state index contributed by atoms with van der Waals surface area (Å²) in [5, 5.41) is 11.4. The van der Waals surface area contributed by atoms with Gasteiger partial charge in [-0.15, -0.1) is 0 Å². The molecule has 0 aliphatic carbocycles. The predicted octanol–water partition coefficient (Wildman–Crippen LogP) is 3.89. The van der Waals surface area contributed by atoms with Gasteiger partial charge in [-0.3, -0.25) is 9.59 Å². The van der Waals surface area contributed by atoms with Gasteiger partial charge in [0.1, 0.15) is 5.75 Å². The fraction of sp³-hybridized carbons (Fsp3) is 0.300. The lowest BCUT2D eigenvalue weighted by Gasteiger charge is -2.08. The third kappa shape index (κ3) is 7.52. The van der Waals surface area contributed by atoms with E-state index in [2.05, 4.69) is 17.4 Å². The maximum Gasteiger partial charge on any atom is 0.303 e. The number of rotatable bonds is 10. The van der Waals surface area contributed by atoms with Gasteiger partial charge in [-0.2, -0.15) is 0 Å². The van der Waals surface area contributed by atoms with Crippen molar-refractivity contribution in [2.75, 3.05) is 11.9 Å². The molecule has 2 aromatic rings. The Hall–Kier alpha value is -2.82. The van der Waals surface area contributed by atoms with E-state index in [0.29, 0.717) is 25.2 Å². The van der Waals surface area contributed by atoms with E-state index in [1.54, 1.807) is 24.3 Å². The fourth-order valence-corrected chi connectivity index (χ4v) is 2.37. The zero-order chi connectivity index (χ0) is 17.9. The average molecular weight is 341 g/mol. The molecule has 0 aromatic heterocycles. The van der Waals surface area contributed by atoms with Crippen molar-refractivity contribution < 1.29 is 19.4 Å². The van der Waals surface area contributed by atoms with Crippen LogP contribution >= 0.6 is 0 Å². The molecule has 0 radical (unpaired) electrons. The number of carboxylic acids is 1. The minimum atomic E-state index is -0.825. The Morgan fingerprint density at radius 2 is 1.64 bits per heavy atom. The molecular weight excluding hydrogens is 318 g/mol. The molecule has 1 amide bonds. The smallest absolute Gasteiger partial charge is 0.303 e. The molecule has 0 unspecified atom stereocenters. The first-order valence-corrected chi connectivity index (χ1v) is 8.42. The monoisotopic (exact) mass is 341 g/mol.